The molecule has 1 aromatic heterocycles. The Morgan fingerprint density at radius 2 is 1.93 bits per heavy atom. The number of carboxylic acids is 1. The van der Waals surface area contributed by atoms with Gasteiger partial charge in [-0.25, -0.2) is 14.3 Å². The number of carboxylic acid groups (broad SMARTS) is 1. The van der Waals surface area contributed by atoms with Gasteiger partial charge in [0.2, 0.25) is 5.16 Å². The maximum Gasteiger partial charge on any atom is 0.355 e. The summed E-state index contributed by atoms with van der Waals surface area (Å²) in [4.78, 5) is 53.3. The Labute approximate surface area is 267 Å². The quantitative estimate of drug-likeness (QED) is 0.119. The van der Waals surface area contributed by atoms with Gasteiger partial charge in [-0.15, -0.1) is 5.10 Å². The largest absolute Gasteiger partial charge is 0.490 e. The van der Waals surface area contributed by atoms with Gasteiger partial charge in [0.25, 0.3) is 17.5 Å². The maximum atomic E-state index is 13.9. The van der Waals surface area contributed by atoms with E-state index in [1.165, 1.54) is 47.8 Å². The number of nitrogens with one attached hydrogen (secondary N) is 1. The van der Waals surface area contributed by atoms with E-state index in [1.807, 2.05) is 13.8 Å². The first-order valence-corrected chi connectivity index (χ1v) is 15.2. The minimum atomic E-state index is -1.94. The van der Waals surface area contributed by atoms with Crippen molar-refractivity contribution >= 4 is 35.5 Å². The lowest BCUT2D eigenvalue weighted by molar-refractivity contribution is -0.256. The number of β-lactam (4-membered cyclic amide) rings is 1. The first-order chi connectivity index (χ1) is 22.1. The predicted molar refractivity (Wildman–Crippen MR) is 160 cm³/mol. The van der Waals surface area contributed by atoms with Crippen molar-refractivity contribution in [3.63, 3.8) is 0 Å². The zero-order chi connectivity index (χ0) is 33.0. The van der Waals surface area contributed by atoms with Crippen LogP contribution in [0.25, 0.3) is 0 Å². The Morgan fingerprint density at radius 1 is 1.20 bits per heavy atom. The molecule has 0 bridgehead atoms. The van der Waals surface area contributed by atoms with Crippen LogP contribution in [0.2, 0.25) is 0 Å². The van der Waals surface area contributed by atoms with Crippen molar-refractivity contribution in [2.45, 2.75) is 50.1 Å². The van der Waals surface area contributed by atoms with Gasteiger partial charge < -0.3 is 29.4 Å². The second-order valence-electron chi connectivity index (χ2n) is 10.5. The number of benzene rings is 2. The van der Waals surface area contributed by atoms with Crippen LogP contribution in [-0.2, 0) is 37.5 Å². The number of tetrazole rings is 1. The molecule has 2 amide bonds. The lowest BCUT2D eigenvalue weighted by Crippen LogP contribution is -2.82. The van der Waals surface area contributed by atoms with Crippen molar-refractivity contribution in [3.8, 4) is 5.75 Å². The molecule has 2 aromatic carbocycles. The van der Waals surface area contributed by atoms with E-state index in [9.17, 15) is 19.2 Å². The number of carbonyl (C=O) groups excluding carboxylic acids is 3. The normalized spacial score (nSPS) is 19.6. The molecule has 1 fully saturated rings. The smallest absolute Gasteiger partial charge is 0.355 e. The number of aromatic nitrogens is 4. The lowest BCUT2D eigenvalue weighted by atomic mass is 9.94. The molecule has 15 nitrogen and oxygen atoms in total. The summed E-state index contributed by atoms with van der Waals surface area (Å²) in [6.07, 6.45) is -0.636. The van der Waals surface area contributed by atoms with Crippen molar-refractivity contribution in [3.05, 3.63) is 76.5 Å². The van der Waals surface area contributed by atoms with Crippen LogP contribution in [0, 0.1) is 0 Å². The van der Waals surface area contributed by atoms with E-state index in [1.54, 1.807) is 31.3 Å². The molecule has 2 aliphatic heterocycles. The van der Waals surface area contributed by atoms with E-state index in [0.717, 1.165) is 4.90 Å². The van der Waals surface area contributed by atoms with Crippen LogP contribution < -0.4 is 10.1 Å². The van der Waals surface area contributed by atoms with E-state index in [0.29, 0.717) is 28.5 Å². The molecule has 242 valence electrons. The van der Waals surface area contributed by atoms with Crippen molar-refractivity contribution in [1.82, 2.24) is 30.4 Å². The van der Waals surface area contributed by atoms with Gasteiger partial charge in [0, 0.05) is 19.9 Å². The number of thioether (sulfide) groups is 1. The zero-order valence-corrected chi connectivity index (χ0v) is 26.3. The molecule has 0 saturated carbocycles. The number of methoxy groups -OCH3 is 1. The second kappa shape index (κ2) is 13.7. The van der Waals surface area contributed by atoms with Crippen LogP contribution >= 0.6 is 11.8 Å². The highest BCUT2D eigenvalue weighted by Crippen LogP contribution is 2.42. The number of carbonyl (C=O) groups is 4. The Hall–Kier alpha value is -4.80. The average molecular weight is 653 g/mol. The predicted octanol–water partition coefficient (Wildman–Crippen LogP) is 2.15. The van der Waals surface area contributed by atoms with Crippen molar-refractivity contribution < 1.29 is 43.2 Å². The molecule has 1 saturated heterocycles. The number of fused-ring (bicyclic) bond motifs is 1. The average Bonchev–Trinajstić information content (AvgIpc) is 3.48. The summed E-state index contributed by atoms with van der Waals surface area (Å²) in [6.45, 7) is 3.54. The molecule has 3 aromatic rings. The molecule has 0 spiro atoms. The first kappa shape index (κ1) is 32.6. The zero-order valence-electron chi connectivity index (χ0n) is 25.5. The third-order valence-corrected chi connectivity index (χ3v) is 8.58. The third-order valence-electron chi connectivity index (χ3n) is 7.49. The van der Waals surface area contributed by atoms with Gasteiger partial charge in [-0.2, -0.15) is 0 Å². The standard InChI is InChI=1S/C30H32N6O9S/c1-5-17(2)45-22-9-7-6-8-21(22)24(37)31-30(42-4)27(41)36-23(26(40)43-14-18-10-12-19(13-11-18)25(38)39)20(15-44-28(30)36)16-46-29-32-33-34-35(29)3/h6-13,17,28H,5,14-16H2,1-4H3,(H,31,37)(H,38,39)/t17?,28-,30+/m1/s1. The van der Waals surface area contributed by atoms with Crippen LogP contribution in [0.1, 0.15) is 46.5 Å². The van der Waals surface area contributed by atoms with Gasteiger partial charge in [0.15, 0.2) is 6.23 Å². The third kappa shape index (κ3) is 6.31. The van der Waals surface area contributed by atoms with Crippen LogP contribution in [0.5, 0.6) is 5.75 Å². The molecule has 3 atom stereocenters. The van der Waals surface area contributed by atoms with Gasteiger partial charge in [0.1, 0.15) is 18.1 Å². The van der Waals surface area contributed by atoms with E-state index >= 15 is 0 Å². The Bertz CT molecular complexity index is 1680. The monoisotopic (exact) mass is 652 g/mol. The molecule has 46 heavy (non-hydrogen) atoms. The minimum Gasteiger partial charge on any atom is -0.490 e. The number of amides is 2. The Balaban J connectivity index is 1.40. The van der Waals surface area contributed by atoms with Crippen molar-refractivity contribution in [2.24, 2.45) is 7.05 Å². The SMILES string of the molecule is CCC(C)Oc1ccccc1C(=O)N[C@]1(OC)C(=O)N2C(C(=O)OCc3ccc(C(=O)O)cc3)=C(CSc3nnnn3C)CO[C@@H]21. The summed E-state index contributed by atoms with van der Waals surface area (Å²) in [7, 11) is 2.92. The fourth-order valence-electron chi connectivity index (χ4n) is 4.79. The highest BCUT2D eigenvalue weighted by atomic mass is 32.2. The fraction of sp³-hybridized carbons (Fsp3) is 0.367. The maximum absolute atomic E-state index is 13.9. The molecule has 0 aliphatic carbocycles. The number of hydrogen-bond acceptors (Lipinski definition) is 12. The molecular weight excluding hydrogens is 620 g/mol. The summed E-state index contributed by atoms with van der Waals surface area (Å²) >= 11 is 1.22. The second-order valence-corrected chi connectivity index (χ2v) is 11.4. The lowest BCUT2D eigenvalue weighted by Gasteiger charge is -2.55. The van der Waals surface area contributed by atoms with Crippen LogP contribution in [0.15, 0.2) is 65.0 Å². The van der Waals surface area contributed by atoms with Crippen LogP contribution in [-0.4, -0.2) is 91.5 Å². The molecular formula is C30H32N6O9S. The highest BCUT2D eigenvalue weighted by Gasteiger charge is 2.67. The number of ether oxygens (including phenoxy) is 4. The summed E-state index contributed by atoms with van der Waals surface area (Å²) < 4.78 is 24.6. The Morgan fingerprint density at radius 3 is 2.59 bits per heavy atom. The summed E-state index contributed by atoms with van der Waals surface area (Å²) in [5.41, 5.74) is -0.762. The molecule has 0 radical (unpaired) electrons. The number of rotatable bonds is 13. The van der Waals surface area contributed by atoms with Crippen molar-refractivity contribution in [2.75, 3.05) is 19.5 Å². The molecule has 16 heteroatoms. The van der Waals surface area contributed by atoms with Gasteiger partial charge in [-0.1, -0.05) is 43.0 Å². The van der Waals surface area contributed by atoms with E-state index < -0.39 is 35.7 Å². The summed E-state index contributed by atoms with van der Waals surface area (Å²) in [5, 5.41) is 23.7. The van der Waals surface area contributed by atoms with E-state index in [4.69, 9.17) is 24.1 Å². The van der Waals surface area contributed by atoms with E-state index in [-0.39, 0.29) is 41.9 Å². The molecule has 1 unspecified atom stereocenters. The highest BCUT2D eigenvalue weighted by molar-refractivity contribution is 7.99. The number of aryl methyl sites for hydroxylation is 1. The number of hydrogen-bond donors (Lipinski definition) is 2. The topological polar surface area (TPSA) is 184 Å². The Kier molecular flexibility index (Phi) is 9.69. The molecule has 5 rings (SSSR count). The van der Waals surface area contributed by atoms with Gasteiger partial charge in [-0.3, -0.25) is 14.5 Å². The number of nitrogens with zero attached hydrogens (tertiary/aromatic N) is 5. The molecule has 2 N–H and O–H groups in total. The minimum absolute atomic E-state index is 0.0616. The molecule has 3 heterocycles. The molecule has 2 aliphatic rings. The van der Waals surface area contributed by atoms with Crippen molar-refractivity contribution in [1.29, 1.82) is 0 Å². The van der Waals surface area contributed by atoms with Gasteiger partial charge in [-0.05, 0) is 59.2 Å². The first-order valence-electron chi connectivity index (χ1n) is 14.2. The van der Waals surface area contributed by atoms with Crippen LogP contribution in [0.4, 0.5) is 0 Å². The number of aromatic carboxylic acids is 1. The van der Waals surface area contributed by atoms with E-state index in [2.05, 4.69) is 20.8 Å². The van der Waals surface area contributed by atoms with Gasteiger partial charge in [0.05, 0.1) is 23.8 Å². The fourth-order valence-corrected chi connectivity index (χ4v) is 5.63. The van der Waals surface area contributed by atoms with Crippen LogP contribution in [0.3, 0.4) is 0 Å². The summed E-state index contributed by atoms with van der Waals surface area (Å²) in [6, 6.07) is 12.5. The number of esters is 1. The van der Waals surface area contributed by atoms with Gasteiger partial charge >= 0.3 is 11.9 Å². The summed E-state index contributed by atoms with van der Waals surface area (Å²) in [5.74, 6) is -2.76. The number of para-hydroxylation sites is 1.